The number of hydrogen-bond donors (Lipinski definition) is 0. The molecular formula is C40H25N3. The van der Waals surface area contributed by atoms with E-state index in [9.17, 15) is 0 Å². The van der Waals surface area contributed by atoms with Crippen LogP contribution in [0.25, 0.3) is 82.3 Å². The summed E-state index contributed by atoms with van der Waals surface area (Å²) in [6, 6.07) is 50.1. The smallest absolute Gasteiger partial charge is 0.113 e. The summed E-state index contributed by atoms with van der Waals surface area (Å²) < 4.78 is 2.35. The summed E-state index contributed by atoms with van der Waals surface area (Å²) in [5.41, 5.74) is 9.73. The maximum atomic E-state index is 4.91. The van der Waals surface area contributed by atoms with E-state index in [2.05, 4.69) is 144 Å². The lowest BCUT2D eigenvalue weighted by molar-refractivity contribution is 1.17. The molecule has 0 aliphatic rings. The molecule has 0 radical (unpaired) electrons. The molecule has 0 saturated carbocycles. The molecule has 2 heterocycles. The van der Waals surface area contributed by atoms with Gasteiger partial charge in [0.25, 0.3) is 0 Å². The highest BCUT2D eigenvalue weighted by Gasteiger charge is 2.18. The van der Waals surface area contributed by atoms with Crippen LogP contribution in [0.1, 0.15) is 0 Å². The molecule has 200 valence electrons. The Morgan fingerprint density at radius 3 is 1.84 bits per heavy atom. The number of hydrogen-bond acceptors (Lipinski definition) is 2. The van der Waals surface area contributed by atoms with E-state index in [0.717, 1.165) is 33.4 Å². The van der Waals surface area contributed by atoms with Crippen LogP contribution in [0.4, 0.5) is 0 Å². The number of nitrogens with zero attached hydrogens (tertiary/aromatic N) is 3. The number of benzene rings is 7. The Morgan fingerprint density at radius 1 is 0.395 bits per heavy atom. The standard InChI is InChI=1S/C40H25N3/c1-2-8-29-23-32(18-15-26(29)7-1)27-13-16-28(17-14-27)33-19-20-37(40-39(33)41-21-22-42-40)43-36-12-6-5-11-34(36)35-24-30-9-3-4-10-31(30)25-38(35)43/h1-25H. The van der Waals surface area contributed by atoms with Gasteiger partial charge >= 0.3 is 0 Å². The third-order valence-electron chi connectivity index (χ3n) is 8.66. The number of aromatic nitrogens is 3. The summed E-state index contributed by atoms with van der Waals surface area (Å²) in [4.78, 5) is 9.79. The topological polar surface area (TPSA) is 30.7 Å². The molecule has 43 heavy (non-hydrogen) atoms. The largest absolute Gasteiger partial charge is 0.307 e. The molecule has 0 bridgehead atoms. The number of rotatable bonds is 3. The SMILES string of the molecule is c1ccc2cc(-c3ccc(-c4ccc(-n5c6ccccc6c6cc7ccccc7cc65)c5nccnc45)cc3)ccc2c1. The van der Waals surface area contributed by atoms with Crippen molar-refractivity contribution < 1.29 is 0 Å². The monoisotopic (exact) mass is 547 g/mol. The van der Waals surface area contributed by atoms with Gasteiger partial charge in [-0.3, -0.25) is 9.97 Å². The first kappa shape index (κ1) is 23.9. The lowest BCUT2D eigenvalue weighted by atomic mass is 9.97. The van der Waals surface area contributed by atoms with Crippen LogP contribution in [0, 0.1) is 0 Å². The first-order valence-corrected chi connectivity index (χ1v) is 14.6. The van der Waals surface area contributed by atoms with Gasteiger partial charge in [-0.05, 0) is 74.6 Å². The molecule has 0 aliphatic heterocycles. The van der Waals surface area contributed by atoms with Gasteiger partial charge in [-0.1, -0.05) is 103 Å². The molecule has 9 rings (SSSR count). The van der Waals surface area contributed by atoms with Gasteiger partial charge in [-0.25, -0.2) is 0 Å². The zero-order valence-corrected chi connectivity index (χ0v) is 23.3. The molecule has 7 aromatic carbocycles. The fourth-order valence-electron chi connectivity index (χ4n) is 6.58. The maximum Gasteiger partial charge on any atom is 0.113 e. The molecule has 0 N–H and O–H groups in total. The van der Waals surface area contributed by atoms with E-state index < -0.39 is 0 Å². The maximum absolute atomic E-state index is 4.91. The summed E-state index contributed by atoms with van der Waals surface area (Å²) in [6.45, 7) is 0. The molecule has 0 fully saturated rings. The van der Waals surface area contributed by atoms with Crippen molar-refractivity contribution in [1.29, 1.82) is 0 Å². The van der Waals surface area contributed by atoms with Gasteiger partial charge in [0.2, 0.25) is 0 Å². The van der Waals surface area contributed by atoms with Gasteiger partial charge in [-0.15, -0.1) is 0 Å². The molecule has 0 atom stereocenters. The predicted octanol–water partition coefficient (Wildman–Crippen LogP) is 10.4. The second-order valence-corrected chi connectivity index (χ2v) is 11.1. The van der Waals surface area contributed by atoms with Crippen molar-refractivity contribution in [3.63, 3.8) is 0 Å². The van der Waals surface area contributed by atoms with Crippen molar-refractivity contribution in [3.8, 4) is 27.9 Å². The van der Waals surface area contributed by atoms with E-state index in [-0.39, 0.29) is 0 Å². The summed E-state index contributed by atoms with van der Waals surface area (Å²) in [5.74, 6) is 0. The summed E-state index contributed by atoms with van der Waals surface area (Å²) in [7, 11) is 0. The Bertz CT molecular complexity index is 2500. The number of para-hydroxylation sites is 1. The third kappa shape index (κ3) is 3.75. The summed E-state index contributed by atoms with van der Waals surface area (Å²) in [6.07, 6.45) is 3.58. The molecule has 0 unspecified atom stereocenters. The van der Waals surface area contributed by atoms with Crippen LogP contribution in [-0.4, -0.2) is 14.5 Å². The minimum atomic E-state index is 0.884. The van der Waals surface area contributed by atoms with Crippen LogP contribution in [0.3, 0.4) is 0 Å². The van der Waals surface area contributed by atoms with E-state index in [1.165, 1.54) is 49.0 Å². The Balaban J connectivity index is 1.21. The first-order valence-electron chi connectivity index (χ1n) is 14.6. The van der Waals surface area contributed by atoms with E-state index in [1.54, 1.807) is 12.4 Å². The van der Waals surface area contributed by atoms with Crippen LogP contribution < -0.4 is 0 Å². The minimum absolute atomic E-state index is 0.884. The van der Waals surface area contributed by atoms with Crippen molar-refractivity contribution in [3.05, 3.63) is 152 Å². The quantitative estimate of drug-likeness (QED) is 0.220. The molecule has 3 nitrogen and oxygen atoms in total. The number of fused-ring (bicyclic) bond motifs is 6. The Morgan fingerprint density at radius 2 is 1.02 bits per heavy atom. The van der Waals surface area contributed by atoms with E-state index in [1.807, 2.05) is 0 Å². The normalized spacial score (nSPS) is 11.7. The van der Waals surface area contributed by atoms with E-state index >= 15 is 0 Å². The Kier molecular flexibility index (Phi) is 5.20. The van der Waals surface area contributed by atoms with E-state index in [4.69, 9.17) is 9.97 Å². The third-order valence-corrected chi connectivity index (χ3v) is 8.66. The lowest BCUT2D eigenvalue weighted by Gasteiger charge is -2.14. The van der Waals surface area contributed by atoms with Crippen LogP contribution in [0.15, 0.2) is 152 Å². The van der Waals surface area contributed by atoms with Crippen molar-refractivity contribution in [2.45, 2.75) is 0 Å². The molecule has 0 saturated heterocycles. The zero-order chi connectivity index (χ0) is 28.3. The fraction of sp³-hybridized carbons (Fsp3) is 0. The fourth-order valence-corrected chi connectivity index (χ4v) is 6.58. The Labute approximate surface area is 248 Å². The van der Waals surface area contributed by atoms with Crippen LogP contribution in [-0.2, 0) is 0 Å². The van der Waals surface area contributed by atoms with Gasteiger partial charge in [0.1, 0.15) is 5.52 Å². The highest BCUT2D eigenvalue weighted by atomic mass is 15.0. The van der Waals surface area contributed by atoms with Crippen molar-refractivity contribution in [1.82, 2.24) is 14.5 Å². The van der Waals surface area contributed by atoms with Crippen LogP contribution >= 0.6 is 0 Å². The van der Waals surface area contributed by atoms with Crippen molar-refractivity contribution in [2.75, 3.05) is 0 Å². The average molecular weight is 548 g/mol. The molecule has 2 aromatic heterocycles. The molecule has 9 aromatic rings. The molecule has 3 heteroatoms. The molecule has 0 aliphatic carbocycles. The van der Waals surface area contributed by atoms with Crippen LogP contribution in [0.5, 0.6) is 0 Å². The van der Waals surface area contributed by atoms with E-state index in [0.29, 0.717) is 0 Å². The molecular weight excluding hydrogens is 522 g/mol. The van der Waals surface area contributed by atoms with Gasteiger partial charge in [0.05, 0.1) is 22.2 Å². The average Bonchev–Trinajstić information content (AvgIpc) is 3.39. The Hall–Kier alpha value is -5.80. The van der Waals surface area contributed by atoms with Gasteiger partial charge in [-0.2, -0.15) is 0 Å². The zero-order valence-electron chi connectivity index (χ0n) is 23.3. The minimum Gasteiger partial charge on any atom is -0.307 e. The van der Waals surface area contributed by atoms with Crippen molar-refractivity contribution >= 4 is 54.4 Å². The van der Waals surface area contributed by atoms with Gasteiger partial charge < -0.3 is 4.57 Å². The highest BCUT2D eigenvalue weighted by Crippen LogP contribution is 2.38. The van der Waals surface area contributed by atoms with Gasteiger partial charge in [0.15, 0.2) is 0 Å². The molecule has 0 spiro atoms. The predicted molar refractivity (Wildman–Crippen MR) is 180 cm³/mol. The molecule has 0 amide bonds. The summed E-state index contributed by atoms with van der Waals surface area (Å²) in [5, 5.41) is 7.43. The van der Waals surface area contributed by atoms with Crippen LogP contribution in [0.2, 0.25) is 0 Å². The highest BCUT2D eigenvalue weighted by molar-refractivity contribution is 6.14. The first-order chi connectivity index (χ1) is 21.3. The lowest BCUT2D eigenvalue weighted by Crippen LogP contribution is -1.99. The van der Waals surface area contributed by atoms with Crippen molar-refractivity contribution in [2.24, 2.45) is 0 Å². The summed E-state index contributed by atoms with van der Waals surface area (Å²) >= 11 is 0. The second-order valence-electron chi connectivity index (χ2n) is 11.1. The van der Waals surface area contributed by atoms with Gasteiger partial charge in [0, 0.05) is 28.7 Å². The second kappa shape index (κ2) is 9.37.